The third-order valence-electron chi connectivity index (χ3n) is 1.80. The predicted octanol–water partition coefficient (Wildman–Crippen LogP) is 3.27. The Hall–Kier alpha value is -1.42. The summed E-state index contributed by atoms with van der Waals surface area (Å²) < 4.78 is 30.3. The first-order valence-corrected chi connectivity index (χ1v) is 4.92. The fraction of sp³-hybridized carbons (Fsp3) is 0.182. The van der Waals surface area contributed by atoms with Crippen LogP contribution in [0, 0.1) is 5.82 Å². The van der Waals surface area contributed by atoms with Gasteiger partial charge in [-0.2, -0.15) is 4.39 Å². The molecule has 16 heavy (non-hydrogen) atoms. The van der Waals surface area contributed by atoms with Gasteiger partial charge in [0.15, 0.2) is 0 Å². The number of carbonyl (C=O) groups excluding carboxylic acids is 1. The number of halogens is 3. The summed E-state index contributed by atoms with van der Waals surface area (Å²) >= 11 is 5.17. The summed E-state index contributed by atoms with van der Waals surface area (Å²) in [5.41, 5.74) is -0.226. The summed E-state index contributed by atoms with van der Waals surface area (Å²) in [6.07, 6.45) is 0. The maximum absolute atomic E-state index is 13.0. The molecule has 1 aromatic rings. The van der Waals surface area contributed by atoms with Crippen LogP contribution in [0.25, 0.3) is 5.57 Å². The van der Waals surface area contributed by atoms with Crippen molar-refractivity contribution < 1.29 is 18.3 Å². The second-order valence-electron chi connectivity index (χ2n) is 2.86. The van der Waals surface area contributed by atoms with Crippen molar-refractivity contribution in [3.63, 3.8) is 0 Å². The van der Waals surface area contributed by atoms with Gasteiger partial charge in [-0.25, -0.2) is 9.18 Å². The highest BCUT2D eigenvalue weighted by molar-refractivity contribution is 6.37. The van der Waals surface area contributed by atoms with E-state index in [9.17, 15) is 13.6 Å². The van der Waals surface area contributed by atoms with E-state index in [1.54, 1.807) is 6.92 Å². The summed E-state index contributed by atoms with van der Waals surface area (Å²) in [4.78, 5) is 11.4. The van der Waals surface area contributed by atoms with Crippen LogP contribution >= 0.6 is 11.6 Å². The van der Waals surface area contributed by atoms with Crippen molar-refractivity contribution in [2.24, 2.45) is 0 Å². The van der Waals surface area contributed by atoms with Crippen molar-refractivity contribution >= 4 is 23.1 Å². The minimum Gasteiger partial charge on any atom is -0.462 e. The molecule has 0 spiro atoms. The van der Waals surface area contributed by atoms with Gasteiger partial charge in [0.1, 0.15) is 11.4 Å². The summed E-state index contributed by atoms with van der Waals surface area (Å²) in [7, 11) is 0. The van der Waals surface area contributed by atoms with E-state index in [0.717, 1.165) is 12.1 Å². The highest BCUT2D eigenvalue weighted by Crippen LogP contribution is 2.24. The summed E-state index contributed by atoms with van der Waals surface area (Å²) in [5, 5.41) is -1.18. The van der Waals surface area contributed by atoms with Gasteiger partial charge in [-0.3, -0.25) is 0 Å². The Bertz CT molecular complexity index is 408. The number of benzene rings is 1. The van der Waals surface area contributed by atoms with Crippen LogP contribution in [0.15, 0.2) is 29.6 Å². The minimum atomic E-state index is -1.18. The van der Waals surface area contributed by atoms with Crippen LogP contribution in [-0.2, 0) is 9.53 Å². The Morgan fingerprint density at radius 2 is 1.94 bits per heavy atom. The first-order valence-electron chi connectivity index (χ1n) is 4.54. The van der Waals surface area contributed by atoms with E-state index in [0.29, 0.717) is 0 Å². The molecule has 0 unspecified atom stereocenters. The van der Waals surface area contributed by atoms with Gasteiger partial charge < -0.3 is 4.74 Å². The van der Waals surface area contributed by atoms with Crippen LogP contribution in [0.4, 0.5) is 8.78 Å². The van der Waals surface area contributed by atoms with E-state index in [2.05, 4.69) is 4.74 Å². The lowest BCUT2D eigenvalue weighted by Crippen LogP contribution is -2.07. The lowest BCUT2D eigenvalue weighted by molar-refractivity contribution is -0.136. The topological polar surface area (TPSA) is 26.3 Å². The third-order valence-corrected chi connectivity index (χ3v) is 1.99. The number of hydrogen-bond acceptors (Lipinski definition) is 2. The van der Waals surface area contributed by atoms with E-state index in [-0.39, 0.29) is 12.2 Å². The lowest BCUT2D eigenvalue weighted by atomic mass is 10.1. The van der Waals surface area contributed by atoms with E-state index in [4.69, 9.17) is 11.6 Å². The van der Waals surface area contributed by atoms with E-state index in [1.807, 2.05) is 0 Å². The molecule has 5 heteroatoms. The lowest BCUT2D eigenvalue weighted by Gasteiger charge is -2.06. The average molecular weight is 247 g/mol. The predicted molar refractivity (Wildman–Crippen MR) is 56.9 cm³/mol. The van der Waals surface area contributed by atoms with Crippen molar-refractivity contribution in [2.45, 2.75) is 6.92 Å². The SMILES string of the molecule is CCOC(=O)/C(=C(\F)Cl)c1ccc(F)cc1. The van der Waals surface area contributed by atoms with Crippen molar-refractivity contribution in [1.29, 1.82) is 0 Å². The van der Waals surface area contributed by atoms with Gasteiger partial charge in [-0.15, -0.1) is 0 Å². The minimum absolute atomic E-state index is 0.105. The van der Waals surface area contributed by atoms with Crippen LogP contribution in [0.5, 0.6) is 0 Å². The molecule has 0 atom stereocenters. The Morgan fingerprint density at radius 3 is 2.38 bits per heavy atom. The van der Waals surface area contributed by atoms with Crippen molar-refractivity contribution in [3.8, 4) is 0 Å². The van der Waals surface area contributed by atoms with Crippen LogP contribution in [0.3, 0.4) is 0 Å². The Kier molecular flexibility index (Phi) is 4.43. The van der Waals surface area contributed by atoms with Gasteiger partial charge in [-0.1, -0.05) is 23.7 Å². The molecule has 86 valence electrons. The van der Waals surface area contributed by atoms with Gasteiger partial charge in [0.05, 0.1) is 6.61 Å². The van der Waals surface area contributed by atoms with Crippen molar-refractivity contribution in [2.75, 3.05) is 6.61 Å². The van der Waals surface area contributed by atoms with Crippen LogP contribution in [0.1, 0.15) is 12.5 Å². The Labute approximate surface area is 96.5 Å². The van der Waals surface area contributed by atoms with Crippen molar-refractivity contribution in [3.05, 3.63) is 40.9 Å². The van der Waals surface area contributed by atoms with Gasteiger partial charge in [0.25, 0.3) is 0 Å². The first kappa shape index (κ1) is 12.6. The monoisotopic (exact) mass is 246 g/mol. The van der Waals surface area contributed by atoms with E-state index in [1.165, 1.54) is 12.1 Å². The Morgan fingerprint density at radius 1 is 1.38 bits per heavy atom. The fourth-order valence-corrected chi connectivity index (χ4v) is 1.31. The molecule has 0 aromatic heterocycles. The van der Waals surface area contributed by atoms with Crippen LogP contribution < -0.4 is 0 Å². The number of rotatable bonds is 3. The largest absolute Gasteiger partial charge is 0.462 e. The normalized spacial score (nSPS) is 12.0. The van der Waals surface area contributed by atoms with Crippen LogP contribution in [-0.4, -0.2) is 12.6 Å². The van der Waals surface area contributed by atoms with E-state index < -0.39 is 22.6 Å². The molecular formula is C11H9ClF2O2. The molecule has 0 amide bonds. The molecule has 0 aliphatic rings. The van der Waals surface area contributed by atoms with Crippen LogP contribution in [0.2, 0.25) is 0 Å². The summed E-state index contributed by atoms with van der Waals surface area (Å²) in [6.45, 7) is 1.69. The van der Waals surface area contributed by atoms with Gasteiger partial charge in [0.2, 0.25) is 5.29 Å². The number of esters is 1. The molecule has 1 aromatic carbocycles. The molecule has 0 aliphatic heterocycles. The molecule has 1 rings (SSSR count). The average Bonchev–Trinajstić information content (AvgIpc) is 2.21. The molecule has 0 heterocycles. The van der Waals surface area contributed by atoms with Gasteiger partial charge >= 0.3 is 5.97 Å². The molecule has 0 N–H and O–H groups in total. The second-order valence-corrected chi connectivity index (χ2v) is 3.19. The van der Waals surface area contributed by atoms with Gasteiger partial charge in [-0.05, 0) is 24.6 Å². The first-order chi connectivity index (χ1) is 7.56. The molecule has 0 saturated carbocycles. The molecule has 2 nitrogen and oxygen atoms in total. The zero-order valence-corrected chi connectivity index (χ0v) is 9.22. The smallest absolute Gasteiger partial charge is 0.342 e. The summed E-state index contributed by atoms with van der Waals surface area (Å²) in [6, 6.07) is 4.72. The molecule has 0 fully saturated rings. The van der Waals surface area contributed by atoms with E-state index >= 15 is 0 Å². The van der Waals surface area contributed by atoms with Crippen molar-refractivity contribution in [1.82, 2.24) is 0 Å². The number of ether oxygens (including phenoxy) is 1. The highest BCUT2D eigenvalue weighted by Gasteiger charge is 2.18. The number of carbonyl (C=O) groups is 1. The Balaban J connectivity index is 3.10. The second kappa shape index (κ2) is 5.61. The molecular weight excluding hydrogens is 238 g/mol. The maximum atomic E-state index is 13.0. The molecule has 0 saturated heterocycles. The molecule has 0 radical (unpaired) electrons. The zero-order valence-electron chi connectivity index (χ0n) is 8.47. The highest BCUT2D eigenvalue weighted by atomic mass is 35.5. The standard InChI is InChI=1S/C11H9ClF2O2/c1-2-16-11(15)9(10(12)14)7-3-5-8(13)6-4-7/h3-6H,2H2,1H3/b10-9-. The molecule has 0 aliphatic carbocycles. The zero-order chi connectivity index (χ0) is 12.1. The summed E-state index contributed by atoms with van der Waals surface area (Å²) in [5.74, 6) is -1.36. The van der Waals surface area contributed by atoms with Gasteiger partial charge in [0, 0.05) is 0 Å². The third kappa shape index (κ3) is 3.03. The number of hydrogen-bond donors (Lipinski definition) is 0. The fourth-order valence-electron chi connectivity index (χ4n) is 1.12. The maximum Gasteiger partial charge on any atom is 0.342 e. The quantitative estimate of drug-likeness (QED) is 0.604. The molecule has 0 bridgehead atoms.